The van der Waals surface area contributed by atoms with E-state index < -0.39 is 15.8 Å². The maximum Gasteiger partial charge on any atom is 0.265 e. The average Bonchev–Trinajstić information content (AvgIpc) is 2.41. The maximum atomic E-state index is 13.7. The molecule has 20 heavy (non-hydrogen) atoms. The van der Waals surface area contributed by atoms with E-state index in [4.69, 9.17) is 23.2 Å². The number of hydrogen-bond donors (Lipinski definition) is 0. The van der Waals surface area contributed by atoms with Gasteiger partial charge in [0.25, 0.3) is 10.0 Å². The monoisotopic (exact) mass is 334 g/mol. The van der Waals surface area contributed by atoms with Gasteiger partial charge < -0.3 is 0 Å². The molecule has 0 aliphatic heterocycles. The van der Waals surface area contributed by atoms with Gasteiger partial charge in [0.1, 0.15) is 15.9 Å². The minimum Gasteiger partial charge on any atom is -0.266 e. The third-order valence-electron chi connectivity index (χ3n) is 2.62. The van der Waals surface area contributed by atoms with E-state index in [0.717, 1.165) is 10.5 Å². The molecule has 1 aromatic heterocycles. The van der Waals surface area contributed by atoms with Gasteiger partial charge in [-0.2, -0.15) is 0 Å². The zero-order valence-corrected chi connectivity index (χ0v) is 12.5. The summed E-state index contributed by atoms with van der Waals surface area (Å²) >= 11 is 11.4. The standard InChI is InChI=1S/C12H9Cl2FN2O2S/c1-17(11-5-3-2-4-10(11)15)20(18,19)8-6-9(13)12(14)16-7-8/h2-7H,1H3. The van der Waals surface area contributed by atoms with Crippen molar-refractivity contribution in [1.82, 2.24) is 4.98 Å². The summed E-state index contributed by atoms with van der Waals surface area (Å²) in [6, 6.07) is 6.72. The lowest BCUT2D eigenvalue weighted by Gasteiger charge is -2.19. The Morgan fingerprint density at radius 1 is 1.25 bits per heavy atom. The van der Waals surface area contributed by atoms with E-state index in [1.807, 2.05) is 0 Å². The molecule has 1 heterocycles. The summed E-state index contributed by atoms with van der Waals surface area (Å²) in [5.41, 5.74) is -0.0708. The second-order valence-corrected chi connectivity index (χ2v) is 6.60. The Hall–Kier alpha value is -1.37. The van der Waals surface area contributed by atoms with E-state index in [9.17, 15) is 12.8 Å². The molecule has 1 aromatic carbocycles. The second kappa shape index (κ2) is 5.55. The third kappa shape index (κ3) is 2.72. The molecule has 0 fully saturated rings. The molecule has 4 nitrogen and oxygen atoms in total. The van der Waals surface area contributed by atoms with Crippen LogP contribution in [0.3, 0.4) is 0 Å². The van der Waals surface area contributed by atoms with E-state index in [1.165, 1.54) is 37.4 Å². The Balaban J connectivity index is 2.50. The molecular weight excluding hydrogens is 326 g/mol. The van der Waals surface area contributed by atoms with Gasteiger partial charge >= 0.3 is 0 Å². The first kappa shape index (κ1) is 15.0. The third-order valence-corrected chi connectivity index (χ3v) is 5.04. The zero-order valence-electron chi connectivity index (χ0n) is 10.2. The van der Waals surface area contributed by atoms with Crippen LogP contribution in [0, 0.1) is 5.82 Å². The van der Waals surface area contributed by atoms with Gasteiger partial charge in [0.15, 0.2) is 0 Å². The molecule has 0 saturated heterocycles. The molecule has 0 radical (unpaired) electrons. The first-order valence-corrected chi connectivity index (χ1v) is 7.58. The second-order valence-electron chi connectivity index (χ2n) is 3.87. The predicted octanol–water partition coefficient (Wildman–Crippen LogP) is 3.35. The van der Waals surface area contributed by atoms with Crippen molar-refractivity contribution in [2.75, 3.05) is 11.4 Å². The summed E-state index contributed by atoms with van der Waals surface area (Å²) in [6.07, 6.45) is 1.07. The molecular formula is C12H9Cl2FN2O2S. The Bertz CT molecular complexity index is 753. The molecule has 0 saturated carbocycles. The molecule has 0 atom stereocenters. The fraction of sp³-hybridized carbons (Fsp3) is 0.0833. The molecule has 2 aromatic rings. The van der Waals surface area contributed by atoms with Gasteiger partial charge in [-0.15, -0.1) is 0 Å². The molecule has 0 aliphatic rings. The smallest absolute Gasteiger partial charge is 0.265 e. The van der Waals surface area contributed by atoms with Gasteiger partial charge in [-0.3, -0.25) is 4.31 Å². The Kier molecular flexibility index (Phi) is 4.17. The average molecular weight is 335 g/mol. The van der Waals surface area contributed by atoms with Gasteiger partial charge in [0, 0.05) is 13.2 Å². The van der Waals surface area contributed by atoms with Gasteiger partial charge in [0.2, 0.25) is 0 Å². The molecule has 106 valence electrons. The van der Waals surface area contributed by atoms with Crippen LogP contribution in [0.2, 0.25) is 10.2 Å². The number of pyridine rings is 1. The Morgan fingerprint density at radius 3 is 2.50 bits per heavy atom. The number of nitrogens with zero attached hydrogens (tertiary/aromatic N) is 2. The number of halogens is 3. The summed E-state index contributed by atoms with van der Waals surface area (Å²) in [7, 11) is -2.72. The number of rotatable bonds is 3. The van der Waals surface area contributed by atoms with E-state index in [2.05, 4.69) is 4.98 Å². The van der Waals surface area contributed by atoms with Crippen molar-refractivity contribution in [2.24, 2.45) is 0 Å². The van der Waals surface area contributed by atoms with Crippen LogP contribution in [-0.2, 0) is 10.0 Å². The van der Waals surface area contributed by atoms with Crippen molar-refractivity contribution < 1.29 is 12.8 Å². The number of hydrogen-bond acceptors (Lipinski definition) is 3. The van der Waals surface area contributed by atoms with Gasteiger partial charge in [-0.05, 0) is 18.2 Å². The van der Waals surface area contributed by atoms with Crippen LogP contribution in [0.5, 0.6) is 0 Å². The topological polar surface area (TPSA) is 50.3 Å². The molecule has 0 amide bonds. The van der Waals surface area contributed by atoms with Crippen molar-refractivity contribution in [3.63, 3.8) is 0 Å². The van der Waals surface area contributed by atoms with Crippen LogP contribution in [0.1, 0.15) is 0 Å². The molecule has 8 heteroatoms. The van der Waals surface area contributed by atoms with E-state index >= 15 is 0 Å². The molecule has 0 bridgehead atoms. The molecule has 2 rings (SSSR count). The minimum atomic E-state index is -3.97. The van der Waals surface area contributed by atoms with Gasteiger partial charge in [0.05, 0.1) is 10.7 Å². The fourth-order valence-corrected chi connectivity index (χ4v) is 3.05. The molecule has 0 N–H and O–H groups in total. The van der Waals surface area contributed by atoms with Crippen LogP contribution >= 0.6 is 23.2 Å². The number of sulfonamides is 1. The summed E-state index contributed by atoms with van der Waals surface area (Å²) in [4.78, 5) is 3.51. The normalized spacial score (nSPS) is 11.4. The lowest BCUT2D eigenvalue weighted by molar-refractivity contribution is 0.589. The number of aromatic nitrogens is 1. The zero-order chi connectivity index (χ0) is 14.9. The fourth-order valence-electron chi connectivity index (χ4n) is 1.54. The predicted molar refractivity (Wildman–Crippen MR) is 76.2 cm³/mol. The number of para-hydroxylation sites is 1. The van der Waals surface area contributed by atoms with Crippen LogP contribution < -0.4 is 4.31 Å². The van der Waals surface area contributed by atoms with Crippen molar-refractivity contribution in [3.05, 3.63) is 52.5 Å². The lowest BCUT2D eigenvalue weighted by Crippen LogP contribution is -2.27. The minimum absolute atomic E-state index is 0.000776. The van der Waals surface area contributed by atoms with Crippen molar-refractivity contribution in [1.29, 1.82) is 0 Å². The van der Waals surface area contributed by atoms with E-state index in [0.29, 0.717) is 0 Å². The quantitative estimate of drug-likeness (QED) is 0.809. The molecule has 0 spiro atoms. The van der Waals surface area contributed by atoms with Gasteiger partial charge in [-0.1, -0.05) is 35.3 Å². The largest absolute Gasteiger partial charge is 0.266 e. The highest BCUT2D eigenvalue weighted by atomic mass is 35.5. The van der Waals surface area contributed by atoms with Crippen LogP contribution in [0.25, 0.3) is 0 Å². The maximum absolute atomic E-state index is 13.7. The van der Waals surface area contributed by atoms with Crippen molar-refractivity contribution >= 4 is 38.9 Å². The Morgan fingerprint density at radius 2 is 1.90 bits per heavy atom. The molecule has 0 aliphatic carbocycles. The summed E-state index contributed by atoms with van der Waals surface area (Å²) in [6.45, 7) is 0. The summed E-state index contributed by atoms with van der Waals surface area (Å²) in [5, 5.41) is 0.00818. The van der Waals surface area contributed by atoms with Gasteiger partial charge in [-0.25, -0.2) is 17.8 Å². The van der Waals surface area contributed by atoms with Crippen molar-refractivity contribution in [3.8, 4) is 0 Å². The number of anilines is 1. The number of benzene rings is 1. The molecule has 0 unspecified atom stereocenters. The summed E-state index contributed by atoms with van der Waals surface area (Å²) in [5.74, 6) is -0.647. The highest BCUT2D eigenvalue weighted by Gasteiger charge is 2.24. The van der Waals surface area contributed by atoms with E-state index in [-0.39, 0.29) is 20.8 Å². The lowest BCUT2D eigenvalue weighted by atomic mass is 10.3. The first-order valence-electron chi connectivity index (χ1n) is 5.38. The highest BCUT2D eigenvalue weighted by molar-refractivity contribution is 7.92. The van der Waals surface area contributed by atoms with Crippen LogP contribution in [0.15, 0.2) is 41.4 Å². The van der Waals surface area contributed by atoms with Crippen molar-refractivity contribution in [2.45, 2.75) is 4.90 Å². The van der Waals surface area contributed by atoms with E-state index in [1.54, 1.807) is 0 Å². The highest BCUT2D eigenvalue weighted by Crippen LogP contribution is 2.27. The van der Waals surface area contributed by atoms with Crippen LogP contribution in [-0.4, -0.2) is 20.4 Å². The first-order chi connectivity index (χ1) is 9.34. The van der Waals surface area contributed by atoms with Crippen LogP contribution in [0.4, 0.5) is 10.1 Å². The summed E-state index contributed by atoms with van der Waals surface area (Å²) < 4.78 is 39.2. The SMILES string of the molecule is CN(c1ccccc1F)S(=O)(=O)c1cnc(Cl)c(Cl)c1. The Labute approximate surface area is 125 Å².